The molecule has 27 heavy (non-hydrogen) atoms. The first-order valence-corrected chi connectivity index (χ1v) is 10.7. The zero-order chi connectivity index (χ0) is 18.2. The zero-order valence-electron chi connectivity index (χ0n) is 17.3. The SMILES string of the molecule is CN=C(NCC1CN(C)CCO1)NCC1(N2CCCCC2)CCCCC1.I. The third-order valence-corrected chi connectivity index (χ3v) is 6.46. The number of hydrogen-bond acceptors (Lipinski definition) is 4. The van der Waals surface area contributed by atoms with Crippen LogP contribution in [0.15, 0.2) is 4.99 Å². The summed E-state index contributed by atoms with van der Waals surface area (Å²) in [7, 11) is 4.03. The summed E-state index contributed by atoms with van der Waals surface area (Å²) in [5, 5.41) is 7.14. The number of nitrogens with zero attached hydrogens (tertiary/aromatic N) is 3. The molecule has 3 rings (SSSR count). The maximum absolute atomic E-state index is 5.86. The molecule has 2 N–H and O–H groups in total. The average molecular weight is 493 g/mol. The number of piperidine rings is 1. The third kappa shape index (κ3) is 6.72. The van der Waals surface area contributed by atoms with E-state index in [9.17, 15) is 0 Å². The van der Waals surface area contributed by atoms with Crippen LogP contribution >= 0.6 is 24.0 Å². The van der Waals surface area contributed by atoms with Gasteiger partial charge in [-0.05, 0) is 45.8 Å². The lowest BCUT2D eigenvalue weighted by molar-refractivity contribution is -0.0161. The van der Waals surface area contributed by atoms with Gasteiger partial charge in [0, 0.05) is 38.8 Å². The standard InChI is InChI=1S/C20H39N5O.HI/c1-21-19(22-15-18-16-24(2)13-14-26-18)23-17-20(9-5-3-6-10-20)25-11-7-4-8-12-25;/h18H,3-17H2,1-2H3,(H2,21,22,23);1H. The number of likely N-dealkylation sites (N-methyl/N-ethyl adjacent to an activating group) is 1. The summed E-state index contributed by atoms with van der Waals surface area (Å²) >= 11 is 0. The molecule has 2 heterocycles. The Kier molecular flexibility index (Phi) is 10.1. The van der Waals surface area contributed by atoms with Gasteiger partial charge < -0.3 is 20.3 Å². The first-order valence-electron chi connectivity index (χ1n) is 10.7. The second-order valence-electron chi connectivity index (χ2n) is 8.39. The Morgan fingerprint density at radius 2 is 1.74 bits per heavy atom. The molecule has 0 aromatic rings. The molecule has 0 amide bonds. The summed E-state index contributed by atoms with van der Waals surface area (Å²) in [6.07, 6.45) is 11.2. The first-order chi connectivity index (χ1) is 12.7. The number of aliphatic imine (C=N–C) groups is 1. The lowest BCUT2D eigenvalue weighted by atomic mass is 9.79. The van der Waals surface area contributed by atoms with E-state index < -0.39 is 0 Å². The van der Waals surface area contributed by atoms with Crippen molar-refractivity contribution in [3.8, 4) is 0 Å². The van der Waals surface area contributed by atoms with Crippen molar-refractivity contribution >= 4 is 29.9 Å². The second kappa shape index (κ2) is 11.8. The highest BCUT2D eigenvalue weighted by Crippen LogP contribution is 2.35. The number of halogens is 1. The van der Waals surface area contributed by atoms with Crippen molar-refractivity contribution in [2.24, 2.45) is 4.99 Å². The van der Waals surface area contributed by atoms with E-state index in [1.165, 1.54) is 64.5 Å². The van der Waals surface area contributed by atoms with Gasteiger partial charge in [-0.3, -0.25) is 9.89 Å². The maximum Gasteiger partial charge on any atom is 0.191 e. The number of likely N-dealkylation sites (tertiary alicyclic amines) is 1. The Bertz CT molecular complexity index is 450. The van der Waals surface area contributed by atoms with Gasteiger partial charge >= 0.3 is 0 Å². The van der Waals surface area contributed by atoms with Crippen molar-refractivity contribution in [1.29, 1.82) is 0 Å². The van der Waals surface area contributed by atoms with Crippen molar-refractivity contribution in [3.05, 3.63) is 0 Å². The van der Waals surface area contributed by atoms with Crippen LogP contribution in [-0.4, -0.2) is 87.4 Å². The molecule has 3 fully saturated rings. The minimum atomic E-state index is 0. The van der Waals surface area contributed by atoms with Crippen LogP contribution in [0.3, 0.4) is 0 Å². The number of rotatable bonds is 5. The highest BCUT2D eigenvalue weighted by molar-refractivity contribution is 14.0. The molecule has 2 saturated heterocycles. The van der Waals surface area contributed by atoms with Crippen LogP contribution in [0, 0.1) is 0 Å². The van der Waals surface area contributed by atoms with Gasteiger partial charge in [0.1, 0.15) is 0 Å². The average Bonchev–Trinajstić information content (AvgIpc) is 2.69. The minimum absolute atomic E-state index is 0. The van der Waals surface area contributed by atoms with Crippen molar-refractivity contribution in [1.82, 2.24) is 20.4 Å². The lowest BCUT2D eigenvalue weighted by Crippen LogP contribution is -2.59. The topological polar surface area (TPSA) is 52.1 Å². The molecule has 0 radical (unpaired) electrons. The van der Waals surface area contributed by atoms with Gasteiger partial charge in [0.2, 0.25) is 0 Å². The number of guanidine groups is 1. The molecule has 1 saturated carbocycles. The number of nitrogens with one attached hydrogen (secondary N) is 2. The Labute approximate surface area is 182 Å². The molecule has 1 unspecified atom stereocenters. The van der Waals surface area contributed by atoms with E-state index in [4.69, 9.17) is 4.74 Å². The fourth-order valence-corrected chi connectivity index (χ4v) is 4.85. The quantitative estimate of drug-likeness (QED) is 0.350. The summed E-state index contributed by atoms with van der Waals surface area (Å²) < 4.78 is 5.86. The molecular formula is C20H40IN5O. The molecule has 7 heteroatoms. The molecule has 0 aromatic carbocycles. The summed E-state index contributed by atoms with van der Waals surface area (Å²) in [5.41, 5.74) is 0.331. The van der Waals surface area contributed by atoms with Crippen molar-refractivity contribution in [2.45, 2.75) is 63.0 Å². The van der Waals surface area contributed by atoms with Gasteiger partial charge in [-0.2, -0.15) is 0 Å². The largest absolute Gasteiger partial charge is 0.374 e. The van der Waals surface area contributed by atoms with Gasteiger partial charge in [-0.15, -0.1) is 24.0 Å². The Hall–Kier alpha value is -0.120. The molecule has 1 atom stereocenters. The second-order valence-corrected chi connectivity index (χ2v) is 8.39. The Morgan fingerprint density at radius 3 is 2.41 bits per heavy atom. The summed E-state index contributed by atoms with van der Waals surface area (Å²) in [6, 6.07) is 0. The van der Waals surface area contributed by atoms with Crippen molar-refractivity contribution in [3.63, 3.8) is 0 Å². The third-order valence-electron chi connectivity index (χ3n) is 6.46. The van der Waals surface area contributed by atoms with Crippen LogP contribution in [-0.2, 0) is 4.74 Å². The van der Waals surface area contributed by atoms with Gasteiger partial charge in [-0.1, -0.05) is 25.7 Å². The number of hydrogen-bond donors (Lipinski definition) is 2. The van der Waals surface area contributed by atoms with Crippen LogP contribution in [0.5, 0.6) is 0 Å². The monoisotopic (exact) mass is 493 g/mol. The molecular weight excluding hydrogens is 453 g/mol. The van der Waals surface area contributed by atoms with Gasteiger partial charge in [0.15, 0.2) is 5.96 Å². The fraction of sp³-hybridized carbons (Fsp3) is 0.950. The molecule has 0 spiro atoms. The van der Waals surface area contributed by atoms with Crippen molar-refractivity contribution in [2.75, 3.05) is 60.0 Å². The minimum Gasteiger partial charge on any atom is -0.374 e. The van der Waals surface area contributed by atoms with Crippen LogP contribution in [0.4, 0.5) is 0 Å². The van der Waals surface area contributed by atoms with Crippen LogP contribution < -0.4 is 10.6 Å². The highest BCUT2D eigenvalue weighted by atomic mass is 127. The van der Waals surface area contributed by atoms with Gasteiger partial charge in [-0.25, -0.2) is 0 Å². The van der Waals surface area contributed by atoms with Gasteiger partial charge in [0.05, 0.1) is 12.7 Å². The predicted molar refractivity (Wildman–Crippen MR) is 123 cm³/mol. The zero-order valence-corrected chi connectivity index (χ0v) is 19.7. The molecule has 1 aliphatic carbocycles. The lowest BCUT2D eigenvalue weighted by Gasteiger charge is -2.48. The summed E-state index contributed by atoms with van der Waals surface area (Å²) in [6.45, 7) is 7.22. The predicted octanol–water partition coefficient (Wildman–Crippen LogP) is 2.29. The number of morpholine rings is 1. The van der Waals surface area contributed by atoms with E-state index in [2.05, 4.69) is 32.5 Å². The van der Waals surface area contributed by atoms with E-state index in [1.54, 1.807) is 0 Å². The Morgan fingerprint density at radius 1 is 1.04 bits per heavy atom. The molecule has 158 valence electrons. The molecule has 3 aliphatic rings. The van der Waals surface area contributed by atoms with Crippen LogP contribution in [0.2, 0.25) is 0 Å². The molecule has 2 aliphatic heterocycles. The van der Waals surface area contributed by atoms with Crippen LogP contribution in [0.25, 0.3) is 0 Å². The normalized spacial score (nSPS) is 27.6. The van der Waals surface area contributed by atoms with Crippen LogP contribution in [0.1, 0.15) is 51.4 Å². The Balaban J connectivity index is 0.00000261. The van der Waals surface area contributed by atoms with E-state index >= 15 is 0 Å². The highest BCUT2D eigenvalue weighted by Gasteiger charge is 2.38. The fourth-order valence-electron chi connectivity index (χ4n) is 4.85. The molecule has 6 nitrogen and oxygen atoms in total. The smallest absolute Gasteiger partial charge is 0.191 e. The summed E-state index contributed by atoms with van der Waals surface area (Å²) in [4.78, 5) is 9.58. The summed E-state index contributed by atoms with van der Waals surface area (Å²) in [5.74, 6) is 0.920. The van der Waals surface area contributed by atoms with Crippen molar-refractivity contribution < 1.29 is 4.74 Å². The number of ether oxygens (including phenoxy) is 1. The molecule has 0 aromatic heterocycles. The van der Waals surface area contributed by atoms with E-state index in [0.29, 0.717) is 5.54 Å². The van der Waals surface area contributed by atoms with Gasteiger partial charge in [0.25, 0.3) is 0 Å². The van der Waals surface area contributed by atoms with E-state index in [1.807, 2.05) is 7.05 Å². The first kappa shape index (κ1) is 23.2. The van der Waals surface area contributed by atoms with E-state index in [0.717, 1.165) is 38.7 Å². The maximum atomic E-state index is 5.86. The van der Waals surface area contributed by atoms with E-state index in [-0.39, 0.29) is 30.1 Å². The molecule has 0 bridgehead atoms.